The number of aliphatic carboxylic acids is 1. The maximum atomic E-state index is 13.4. The molecular formula is C20H22N2O5S. The average Bonchev–Trinajstić information content (AvgIpc) is 2.94. The molecule has 148 valence electrons. The zero-order chi connectivity index (χ0) is 20.8. The van der Waals surface area contributed by atoms with Gasteiger partial charge in [0.2, 0.25) is 0 Å². The van der Waals surface area contributed by atoms with Crippen LogP contribution in [-0.4, -0.2) is 34.8 Å². The number of fused-ring (bicyclic) bond motifs is 1. The molecule has 0 aliphatic carbocycles. The summed E-state index contributed by atoms with van der Waals surface area (Å²) in [5.41, 5.74) is -0.478. The van der Waals surface area contributed by atoms with Crippen LogP contribution < -0.4 is 15.0 Å². The Morgan fingerprint density at radius 3 is 2.39 bits per heavy atom. The Balaban J connectivity index is 2.45. The molecule has 0 saturated carbocycles. The fraction of sp³-hybridized carbons (Fsp3) is 0.350. The van der Waals surface area contributed by atoms with Crippen molar-refractivity contribution in [2.45, 2.75) is 33.2 Å². The molecule has 0 aliphatic rings. The number of hydrogen-bond donors (Lipinski definition) is 1. The van der Waals surface area contributed by atoms with Gasteiger partial charge in [-0.2, -0.15) is 0 Å². The topological polar surface area (TPSA) is 90.7 Å². The largest absolute Gasteiger partial charge is 0.493 e. The molecule has 8 heteroatoms. The van der Waals surface area contributed by atoms with Gasteiger partial charge >= 0.3 is 5.97 Å². The number of ether oxygens (including phenoxy) is 2. The lowest BCUT2D eigenvalue weighted by Crippen LogP contribution is -2.44. The first-order chi connectivity index (χ1) is 13.1. The van der Waals surface area contributed by atoms with Crippen molar-refractivity contribution in [1.29, 1.82) is 0 Å². The molecule has 1 N–H and O–H groups in total. The molecule has 0 amide bonds. The van der Waals surface area contributed by atoms with Crippen LogP contribution in [0.15, 0.2) is 23.0 Å². The molecule has 0 bridgehead atoms. The molecule has 1 aromatic carbocycles. The first-order valence-corrected chi connectivity index (χ1v) is 9.44. The van der Waals surface area contributed by atoms with Crippen LogP contribution in [0.1, 0.15) is 24.3 Å². The van der Waals surface area contributed by atoms with E-state index in [1.807, 2.05) is 13.8 Å². The van der Waals surface area contributed by atoms with E-state index in [4.69, 9.17) is 9.47 Å². The number of rotatable bonds is 5. The van der Waals surface area contributed by atoms with Crippen LogP contribution in [0.2, 0.25) is 0 Å². The maximum absolute atomic E-state index is 13.4. The van der Waals surface area contributed by atoms with Crippen molar-refractivity contribution in [3.63, 3.8) is 0 Å². The van der Waals surface area contributed by atoms with Crippen LogP contribution in [0.25, 0.3) is 21.6 Å². The van der Waals surface area contributed by atoms with Gasteiger partial charge in [0, 0.05) is 10.4 Å². The molecule has 0 aliphatic heterocycles. The van der Waals surface area contributed by atoms with E-state index >= 15 is 0 Å². The fourth-order valence-electron chi connectivity index (χ4n) is 3.08. The van der Waals surface area contributed by atoms with Gasteiger partial charge in [0.25, 0.3) is 5.56 Å². The zero-order valence-corrected chi connectivity index (χ0v) is 17.4. The van der Waals surface area contributed by atoms with E-state index < -0.39 is 11.5 Å². The summed E-state index contributed by atoms with van der Waals surface area (Å²) in [5.74, 6) is 0.142. The predicted octanol–water partition coefficient (Wildman–Crippen LogP) is 3.58. The summed E-state index contributed by atoms with van der Waals surface area (Å²) < 4.78 is 11.9. The highest BCUT2D eigenvalue weighted by molar-refractivity contribution is 7.18. The summed E-state index contributed by atoms with van der Waals surface area (Å²) in [5, 5.41) is 10.2. The SMILES string of the molecule is COc1ccc(-c2nc3sc(C)c(C)c3c(=O)n2C(C)(C)C(=O)O)cc1OC. The van der Waals surface area contributed by atoms with Crippen LogP contribution in [0.4, 0.5) is 0 Å². The first kappa shape index (κ1) is 19.9. The molecule has 0 atom stereocenters. The third-order valence-corrected chi connectivity index (χ3v) is 6.03. The Bertz CT molecular complexity index is 1140. The number of carboxylic acids is 1. The Kier molecular flexibility index (Phi) is 4.93. The lowest BCUT2D eigenvalue weighted by Gasteiger charge is -2.26. The van der Waals surface area contributed by atoms with Gasteiger partial charge < -0.3 is 14.6 Å². The number of aromatic nitrogens is 2. The van der Waals surface area contributed by atoms with E-state index in [-0.39, 0.29) is 11.4 Å². The molecule has 0 spiro atoms. The van der Waals surface area contributed by atoms with Crippen molar-refractivity contribution >= 4 is 27.5 Å². The van der Waals surface area contributed by atoms with Crippen LogP contribution in [-0.2, 0) is 10.3 Å². The summed E-state index contributed by atoms with van der Waals surface area (Å²) in [6, 6.07) is 5.12. The normalized spacial score (nSPS) is 11.6. The summed E-state index contributed by atoms with van der Waals surface area (Å²) in [6.07, 6.45) is 0. The Hall–Kier alpha value is -2.87. The monoisotopic (exact) mass is 402 g/mol. The number of nitrogens with zero attached hydrogens (tertiary/aromatic N) is 2. The molecule has 28 heavy (non-hydrogen) atoms. The molecule has 7 nitrogen and oxygen atoms in total. The second-order valence-corrected chi connectivity index (χ2v) is 8.18. The summed E-state index contributed by atoms with van der Waals surface area (Å²) in [7, 11) is 3.04. The van der Waals surface area contributed by atoms with Gasteiger partial charge in [0.15, 0.2) is 11.5 Å². The summed E-state index contributed by atoms with van der Waals surface area (Å²) >= 11 is 1.42. The van der Waals surface area contributed by atoms with Crippen molar-refractivity contribution in [2.75, 3.05) is 14.2 Å². The van der Waals surface area contributed by atoms with Crippen molar-refractivity contribution in [3.8, 4) is 22.9 Å². The lowest BCUT2D eigenvalue weighted by atomic mass is 10.0. The van der Waals surface area contributed by atoms with Crippen molar-refractivity contribution < 1.29 is 19.4 Å². The van der Waals surface area contributed by atoms with Crippen LogP contribution in [0.5, 0.6) is 11.5 Å². The molecule has 0 fully saturated rings. The van der Waals surface area contributed by atoms with E-state index in [0.717, 1.165) is 10.4 Å². The van der Waals surface area contributed by atoms with Crippen molar-refractivity contribution in [2.24, 2.45) is 0 Å². The molecule has 3 aromatic rings. The molecular weight excluding hydrogens is 380 g/mol. The Morgan fingerprint density at radius 2 is 1.82 bits per heavy atom. The van der Waals surface area contributed by atoms with E-state index in [1.54, 1.807) is 18.2 Å². The van der Waals surface area contributed by atoms with Gasteiger partial charge in [0.05, 0.1) is 19.6 Å². The van der Waals surface area contributed by atoms with Gasteiger partial charge in [-0.3, -0.25) is 9.36 Å². The van der Waals surface area contributed by atoms with E-state index in [1.165, 1.54) is 44.0 Å². The van der Waals surface area contributed by atoms with Crippen molar-refractivity contribution in [3.05, 3.63) is 39.0 Å². The van der Waals surface area contributed by atoms with Gasteiger partial charge in [-0.05, 0) is 51.5 Å². The number of methoxy groups -OCH3 is 2. The zero-order valence-electron chi connectivity index (χ0n) is 16.6. The van der Waals surface area contributed by atoms with E-state index in [0.29, 0.717) is 27.3 Å². The second kappa shape index (κ2) is 6.94. The summed E-state index contributed by atoms with van der Waals surface area (Å²) in [4.78, 5) is 31.6. The number of hydrogen-bond acceptors (Lipinski definition) is 6. The minimum atomic E-state index is -1.50. The fourth-order valence-corrected chi connectivity index (χ4v) is 4.10. The highest BCUT2D eigenvalue weighted by Gasteiger charge is 2.35. The van der Waals surface area contributed by atoms with E-state index in [2.05, 4.69) is 4.98 Å². The predicted molar refractivity (Wildman–Crippen MR) is 109 cm³/mol. The van der Waals surface area contributed by atoms with Crippen LogP contribution in [0.3, 0.4) is 0 Å². The number of aryl methyl sites for hydroxylation is 2. The lowest BCUT2D eigenvalue weighted by molar-refractivity contribution is -0.145. The highest BCUT2D eigenvalue weighted by Crippen LogP contribution is 2.35. The first-order valence-electron chi connectivity index (χ1n) is 8.62. The molecule has 0 radical (unpaired) electrons. The Morgan fingerprint density at radius 1 is 1.18 bits per heavy atom. The maximum Gasteiger partial charge on any atom is 0.329 e. The average molecular weight is 402 g/mol. The number of carboxylic acid groups (broad SMARTS) is 1. The van der Waals surface area contributed by atoms with Crippen LogP contribution in [0, 0.1) is 13.8 Å². The molecule has 0 unspecified atom stereocenters. The minimum absolute atomic E-state index is 0.270. The summed E-state index contributed by atoms with van der Waals surface area (Å²) in [6.45, 7) is 6.75. The van der Waals surface area contributed by atoms with E-state index in [9.17, 15) is 14.7 Å². The number of carbonyl (C=O) groups is 1. The standard InChI is InChI=1S/C20H22N2O5S/c1-10-11(2)28-17-15(10)18(23)22(20(3,4)19(24)25)16(21-17)12-7-8-13(26-5)14(9-12)27-6/h7-9H,1-6H3,(H,24,25). The van der Waals surface area contributed by atoms with Gasteiger partial charge in [-0.25, -0.2) is 9.78 Å². The molecule has 2 heterocycles. The quantitative estimate of drug-likeness (QED) is 0.701. The Labute approximate surface area is 166 Å². The second-order valence-electron chi connectivity index (χ2n) is 6.97. The van der Waals surface area contributed by atoms with Crippen LogP contribution >= 0.6 is 11.3 Å². The van der Waals surface area contributed by atoms with Crippen molar-refractivity contribution in [1.82, 2.24) is 9.55 Å². The number of thiophene rings is 1. The third kappa shape index (κ3) is 2.93. The van der Waals surface area contributed by atoms with Gasteiger partial charge in [0.1, 0.15) is 16.2 Å². The van der Waals surface area contributed by atoms with Gasteiger partial charge in [-0.1, -0.05) is 0 Å². The van der Waals surface area contributed by atoms with Gasteiger partial charge in [-0.15, -0.1) is 11.3 Å². The molecule has 2 aromatic heterocycles. The number of benzene rings is 1. The minimum Gasteiger partial charge on any atom is -0.493 e. The smallest absolute Gasteiger partial charge is 0.329 e. The molecule has 0 saturated heterocycles. The third-order valence-electron chi connectivity index (χ3n) is 4.93. The molecule has 3 rings (SSSR count). The highest BCUT2D eigenvalue weighted by atomic mass is 32.1.